The van der Waals surface area contributed by atoms with E-state index in [4.69, 9.17) is 0 Å². The maximum atomic E-state index is 4.10. The van der Waals surface area contributed by atoms with Crippen LogP contribution in [0.3, 0.4) is 0 Å². The van der Waals surface area contributed by atoms with Gasteiger partial charge in [0.05, 0.1) is 26.2 Å². The molecule has 0 aliphatic heterocycles. The molecule has 0 aliphatic rings. The number of unbranched alkanes of at least 4 members (excludes halogenated alkanes) is 27. The smallest absolute Gasteiger partial charge is 0.106 e. The molecule has 0 aromatic rings. The molecule has 0 amide bonds. The molecule has 0 aromatic heterocycles. The molecule has 0 spiro atoms. The summed E-state index contributed by atoms with van der Waals surface area (Å²) in [5.41, 5.74) is 0.152. The van der Waals surface area contributed by atoms with E-state index in [9.17, 15) is 0 Å². The van der Waals surface area contributed by atoms with Crippen LogP contribution >= 0.6 is 0 Å². The van der Waals surface area contributed by atoms with Gasteiger partial charge in [0, 0.05) is 19.5 Å². The molecule has 1 atom stereocenters. The summed E-state index contributed by atoms with van der Waals surface area (Å²) in [6.07, 6.45) is 44.1. The van der Waals surface area contributed by atoms with Gasteiger partial charge >= 0.3 is 0 Å². The second-order valence-electron chi connectivity index (χ2n) is 17.3. The quantitative estimate of drug-likeness (QED) is 0.0514. The number of quaternary nitrogens is 1. The predicted octanol–water partition coefficient (Wildman–Crippen LogP) is 13.9. The number of hydrogen-bond donors (Lipinski definition) is 1. The second kappa shape index (κ2) is 34.0. The molecule has 0 heterocycles. The van der Waals surface area contributed by atoms with Gasteiger partial charge < -0.3 is 14.7 Å². The Labute approximate surface area is 306 Å². The van der Waals surface area contributed by atoms with Gasteiger partial charge in [0.1, 0.15) is 6.04 Å². The number of nitrogens with one attached hydrogen (secondary N) is 1. The number of likely N-dealkylation sites (N-methyl/N-ethyl adjacent to an activating group) is 2. The zero-order valence-corrected chi connectivity index (χ0v) is 35.2. The van der Waals surface area contributed by atoms with Crippen LogP contribution in [0.5, 0.6) is 0 Å². The van der Waals surface area contributed by atoms with Crippen LogP contribution in [0, 0.1) is 0 Å². The lowest BCUT2D eigenvalue weighted by Crippen LogP contribution is -2.64. The first-order valence-electron chi connectivity index (χ1n) is 22.5. The van der Waals surface area contributed by atoms with Crippen LogP contribution in [0.15, 0.2) is 0 Å². The average Bonchev–Trinajstić information content (AvgIpc) is 3.05. The minimum absolute atomic E-state index is 0.152. The first-order chi connectivity index (χ1) is 23.2. The highest BCUT2D eigenvalue weighted by Gasteiger charge is 2.40. The van der Waals surface area contributed by atoms with Crippen LogP contribution in [0.2, 0.25) is 0 Å². The van der Waals surface area contributed by atoms with Gasteiger partial charge in [0.15, 0.2) is 0 Å². The Morgan fingerprint density at radius 1 is 0.458 bits per heavy atom. The third-order valence-electron chi connectivity index (χ3n) is 11.6. The van der Waals surface area contributed by atoms with E-state index in [0.29, 0.717) is 6.04 Å². The third-order valence-corrected chi connectivity index (χ3v) is 11.6. The summed E-state index contributed by atoms with van der Waals surface area (Å²) in [5.74, 6) is 0. The van der Waals surface area contributed by atoms with Gasteiger partial charge in [-0.05, 0) is 53.1 Å². The van der Waals surface area contributed by atoms with E-state index in [1.54, 1.807) is 0 Å². The normalized spacial score (nSPS) is 13.2. The van der Waals surface area contributed by atoms with E-state index >= 15 is 0 Å². The van der Waals surface area contributed by atoms with Crippen molar-refractivity contribution < 1.29 is 4.48 Å². The largest absolute Gasteiger partial charge is 0.325 e. The highest BCUT2D eigenvalue weighted by molar-refractivity contribution is 4.88. The van der Waals surface area contributed by atoms with E-state index < -0.39 is 0 Å². The summed E-state index contributed by atoms with van der Waals surface area (Å²) in [4.78, 5) is 2.58. The molecule has 1 N–H and O–H groups in total. The lowest BCUT2D eigenvalue weighted by Gasteiger charge is -2.47. The Kier molecular flexibility index (Phi) is 33.9. The van der Waals surface area contributed by atoms with Crippen molar-refractivity contribution in [1.82, 2.24) is 10.2 Å². The van der Waals surface area contributed by atoms with Crippen molar-refractivity contribution in [2.45, 2.75) is 245 Å². The van der Waals surface area contributed by atoms with Gasteiger partial charge in [-0.2, -0.15) is 0 Å². The third kappa shape index (κ3) is 29.6. The average molecular weight is 679 g/mol. The molecule has 290 valence electrons. The first kappa shape index (κ1) is 47.9. The first-order valence-corrected chi connectivity index (χ1v) is 22.5. The predicted molar refractivity (Wildman–Crippen MR) is 220 cm³/mol. The summed E-state index contributed by atoms with van der Waals surface area (Å²) in [6.45, 7) is 16.8. The fraction of sp³-hybridized carbons (Fsp3) is 1.00. The fourth-order valence-electron chi connectivity index (χ4n) is 8.24. The Bertz CT molecular complexity index is 630. The number of nitrogens with zero attached hydrogens (tertiary/aromatic N) is 2. The van der Waals surface area contributed by atoms with E-state index in [1.165, 1.54) is 217 Å². The summed E-state index contributed by atoms with van der Waals surface area (Å²) in [5, 5.41) is 4.10. The zero-order valence-electron chi connectivity index (χ0n) is 35.2. The van der Waals surface area contributed by atoms with E-state index in [0.717, 1.165) is 13.1 Å². The van der Waals surface area contributed by atoms with E-state index in [2.05, 4.69) is 66.0 Å². The van der Waals surface area contributed by atoms with Crippen molar-refractivity contribution in [3.63, 3.8) is 0 Å². The number of hydrogen-bond acceptors (Lipinski definition) is 2. The summed E-state index contributed by atoms with van der Waals surface area (Å²) in [7, 11) is 7.44. The molecule has 1 unspecified atom stereocenters. The van der Waals surface area contributed by atoms with Gasteiger partial charge in [-0.1, -0.05) is 188 Å². The second-order valence-corrected chi connectivity index (χ2v) is 17.3. The van der Waals surface area contributed by atoms with Gasteiger partial charge in [-0.3, -0.25) is 0 Å². The molecular formula is C45H96N3+. The van der Waals surface area contributed by atoms with Gasteiger partial charge in [-0.25, -0.2) is 0 Å². The van der Waals surface area contributed by atoms with Crippen molar-refractivity contribution in [1.29, 1.82) is 0 Å². The van der Waals surface area contributed by atoms with Gasteiger partial charge in [0.2, 0.25) is 0 Å². The highest BCUT2D eigenvalue weighted by Crippen LogP contribution is 2.27. The SMILES string of the molecule is CCCCCCCCCCCCC(C(C)(C)NCCN(C)CCCCCCCCCCCC)[N+](C)(C)CCCCCCCCCCCC. The van der Waals surface area contributed by atoms with Crippen LogP contribution in [0.4, 0.5) is 0 Å². The van der Waals surface area contributed by atoms with Crippen molar-refractivity contribution in [3.05, 3.63) is 0 Å². The zero-order chi connectivity index (χ0) is 35.6. The summed E-state index contributed by atoms with van der Waals surface area (Å²) in [6, 6.07) is 0.664. The Balaban J connectivity index is 4.62. The minimum atomic E-state index is 0.152. The molecule has 48 heavy (non-hydrogen) atoms. The summed E-state index contributed by atoms with van der Waals surface area (Å²) < 4.78 is 1.17. The number of rotatable bonds is 39. The molecule has 0 saturated carbocycles. The Hall–Kier alpha value is -0.120. The molecular weight excluding hydrogens is 583 g/mol. The summed E-state index contributed by atoms with van der Waals surface area (Å²) >= 11 is 0. The molecule has 0 fully saturated rings. The maximum absolute atomic E-state index is 4.10. The van der Waals surface area contributed by atoms with Crippen molar-refractivity contribution >= 4 is 0 Å². The van der Waals surface area contributed by atoms with Crippen LogP contribution in [0.1, 0.15) is 234 Å². The molecule has 3 heteroatoms. The lowest BCUT2D eigenvalue weighted by atomic mass is 9.86. The molecule has 3 nitrogen and oxygen atoms in total. The molecule has 0 bridgehead atoms. The van der Waals surface area contributed by atoms with Crippen LogP contribution < -0.4 is 5.32 Å². The van der Waals surface area contributed by atoms with Gasteiger partial charge in [0.25, 0.3) is 0 Å². The lowest BCUT2D eigenvalue weighted by molar-refractivity contribution is -0.919. The minimum Gasteiger partial charge on any atom is -0.325 e. The molecule has 0 aromatic carbocycles. The van der Waals surface area contributed by atoms with Crippen molar-refractivity contribution in [2.75, 3.05) is 47.3 Å². The standard InChI is InChI=1S/C45H96N3/c1-9-12-15-18-21-24-27-30-33-36-39-44(48(7,8)43-38-35-32-29-26-23-20-17-14-11-3)45(4,5)46-40-42-47(6)41-37-34-31-28-25-22-19-16-13-10-2/h44,46H,9-43H2,1-8H3/q+1. The fourth-order valence-corrected chi connectivity index (χ4v) is 8.24. The molecule has 0 saturated heterocycles. The topological polar surface area (TPSA) is 15.3 Å². The highest BCUT2D eigenvalue weighted by atomic mass is 15.4. The van der Waals surface area contributed by atoms with E-state index in [1.807, 2.05) is 0 Å². The van der Waals surface area contributed by atoms with Crippen molar-refractivity contribution in [2.24, 2.45) is 0 Å². The van der Waals surface area contributed by atoms with E-state index in [-0.39, 0.29) is 5.54 Å². The maximum Gasteiger partial charge on any atom is 0.106 e. The van der Waals surface area contributed by atoms with Crippen LogP contribution in [0.25, 0.3) is 0 Å². The Morgan fingerprint density at radius 3 is 1.19 bits per heavy atom. The molecule has 0 radical (unpaired) electrons. The van der Waals surface area contributed by atoms with Gasteiger partial charge in [-0.15, -0.1) is 0 Å². The molecule has 0 rings (SSSR count). The molecule has 0 aliphatic carbocycles. The van der Waals surface area contributed by atoms with Crippen LogP contribution in [-0.4, -0.2) is 68.3 Å². The Morgan fingerprint density at radius 2 is 0.792 bits per heavy atom. The van der Waals surface area contributed by atoms with Crippen molar-refractivity contribution in [3.8, 4) is 0 Å². The monoisotopic (exact) mass is 679 g/mol. The van der Waals surface area contributed by atoms with Crippen LogP contribution in [-0.2, 0) is 0 Å².